The van der Waals surface area contributed by atoms with Crippen LogP contribution in [0.15, 0.2) is 24.3 Å². The highest BCUT2D eigenvalue weighted by Crippen LogP contribution is 2.17. The highest BCUT2D eigenvalue weighted by Gasteiger charge is 1.99. The van der Waals surface area contributed by atoms with Crippen LogP contribution < -0.4 is 0 Å². The summed E-state index contributed by atoms with van der Waals surface area (Å²) in [5.41, 5.74) is 4.60. The van der Waals surface area contributed by atoms with Crippen molar-refractivity contribution < 1.29 is 0 Å². The molecule has 14 heavy (non-hydrogen) atoms. The maximum absolute atomic E-state index is 3.76. The molecule has 0 radical (unpaired) electrons. The van der Waals surface area contributed by atoms with Gasteiger partial charge in [0.05, 0.1) is 0 Å². The second-order valence-corrected chi connectivity index (χ2v) is 4.61. The van der Waals surface area contributed by atoms with Crippen molar-refractivity contribution in [3.63, 3.8) is 0 Å². The van der Waals surface area contributed by atoms with Gasteiger partial charge in [-0.2, -0.15) is 0 Å². The summed E-state index contributed by atoms with van der Waals surface area (Å²) in [6.45, 7) is 9.91. The van der Waals surface area contributed by atoms with E-state index in [1.165, 1.54) is 14.7 Å². The molecule has 0 bridgehead atoms. The summed E-state index contributed by atoms with van der Waals surface area (Å²) < 4.78 is 1.21. The Balaban J connectivity index is 3.18. The molecule has 1 aromatic carbocycles. The van der Waals surface area contributed by atoms with E-state index < -0.39 is 0 Å². The van der Waals surface area contributed by atoms with E-state index >= 15 is 0 Å². The Morgan fingerprint density at radius 1 is 1.29 bits per heavy atom. The van der Waals surface area contributed by atoms with Crippen molar-refractivity contribution in [2.45, 2.75) is 20.8 Å². The Hall–Kier alpha value is -0.750. The van der Waals surface area contributed by atoms with E-state index in [1.54, 1.807) is 0 Å². The molecule has 0 saturated carbocycles. The average molecular weight is 296 g/mol. The Morgan fingerprint density at radius 2 is 1.86 bits per heavy atom. The molecule has 0 aliphatic rings. The quantitative estimate of drug-likeness (QED) is 0.504. The standard InChI is InChI=1S/C13H13I/c1-9(2)5-6-12-7-10(3)11(4)8-13(12)14/h7-8H,1H2,2-4H3. The fraction of sp³-hybridized carbons (Fsp3) is 0.231. The van der Waals surface area contributed by atoms with Crippen molar-refractivity contribution in [3.8, 4) is 11.8 Å². The third kappa shape index (κ3) is 2.88. The fourth-order valence-electron chi connectivity index (χ4n) is 1.05. The van der Waals surface area contributed by atoms with Gasteiger partial charge in [0, 0.05) is 9.13 Å². The molecule has 0 spiro atoms. The SMILES string of the molecule is C=C(C)C#Cc1cc(C)c(C)cc1I. The largest absolute Gasteiger partial charge is 0.0877 e. The number of hydrogen-bond donors (Lipinski definition) is 0. The van der Waals surface area contributed by atoms with E-state index in [0.29, 0.717) is 0 Å². The van der Waals surface area contributed by atoms with Crippen LogP contribution in [0.5, 0.6) is 0 Å². The number of aryl methyl sites for hydroxylation is 2. The third-order valence-corrected chi connectivity index (χ3v) is 2.89. The predicted octanol–water partition coefficient (Wildman–Crippen LogP) is 3.84. The predicted molar refractivity (Wildman–Crippen MR) is 70.3 cm³/mol. The zero-order valence-corrected chi connectivity index (χ0v) is 10.9. The van der Waals surface area contributed by atoms with Gasteiger partial charge in [-0.3, -0.25) is 0 Å². The van der Waals surface area contributed by atoms with Gasteiger partial charge in [-0.15, -0.1) is 0 Å². The Morgan fingerprint density at radius 3 is 2.43 bits per heavy atom. The molecule has 0 unspecified atom stereocenters. The second-order valence-electron chi connectivity index (χ2n) is 3.45. The lowest BCUT2D eigenvalue weighted by atomic mass is 10.1. The van der Waals surface area contributed by atoms with Gasteiger partial charge < -0.3 is 0 Å². The molecular weight excluding hydrogens is 283 g/mol. The normalized spacial score (nSPS) is 9.14. The minimum Gasteiger partial charge on any atom is -0.0877 e. The maximum atomic E-state index is 3.76. The number of rotatable bonds is 0. The average Bonchev–Trinajstić information content (AvgIpc) is 2.09. The van der Waals surface area contributed by atoms with Gasteiger partial charge >= 0.3 is 0 Å². The van der Waals surface area contributed by atoms with Gasteiger partial charge in [-0.25, -0.2) is 0 Å². The lowest BCUT2D eigenvalue weighted by molar-refractivity contribution is 1.32. The highest BCUT2D eigenvalue weighted by molar-refractivity contribution is 14.1. The first kappa shape index (κ1) is 11.3. The molecule has 0 fully saturated rings. The van der Waals surface area contributed by atoms with Crippen LogP contribution in [0.4, 0.5) is 0 Å². The summed E-state index contributed by atoms with van der Waals surface area (Å²) in [4.78, 5) is 0. The lowest BCUT2D eigenvalue weighted by Gasteiger charge is -2.02. The summed E-state index contributed by atoms with van der Waals surface area (Å²) in [5.74, 6) is 6.12. The molecule has 0 aliphatic carbocycles. The van der Waals surface area contributed by atoms with Gasteiger partial charge in [0.15, 0.2) is 0 Å². The molecule has 1 heteroatoms. The molecule has 0 N–H and O–H groups in total. The molecule has 0 aromatic heterocycles. The molecule has 72 valence electrons. The third-order valence-electron chi connectivity index (χ3n) is 1.99. The van der Waals surface area contributed by atoms with Crippen molar-refractivity contribution >= 4 is 22.6 Å². The monoisotopic (exact) mass is 296 g/mol. The van der Waals surface area contributed by atoms with Crippen LogP contribution in [0.3, 0.4) is 0 Å². The Labute approximate surface area is 99.6 Å². The van der Waals surface area contributed by atoms with E-state index in [0.717, 1.165) is 11.1 Å². The van der Waals surface area contributed by atoms with E-state index in [2.05, 4.69) is 67.0 Å². The van der Waals surface area contributed by atoms with Gasteiger partial charge in [0.2, 0.25) is 0 Å². The number of allylic oxidation sites excluding steroid dienone is 1. The van der Waals surface area contributed by atoms with Gasteiger partial charge in [0.25, 0.3) is 0 Å². The van der Waals surface area contributed by atoms with Gasteiger partial charge in [0.1, 0.15) is 0 Å². The van der Waals surface area contributed by atoms with Crippen molar-refractivity contribution in [2.75, 3.05) is 0 Å². The molecular formula is C13H13I. The first-order chi connectivity index (χ1) is 6.50. The van der Waals surface area contributed by atoms with Crippen molar-refractivity contribution in [2.24, 2.45) is 0 Å². The Kier molecular flexibility index (Phi) is 3.77. The molecule has 1 aromatic rings. The van der Waals surface area contributed by atoms with Crippen LogP contribution in [-0.4, -0.2) is 0 Å². The van der Waals surface area contributed by atoms with E-state index in [9.17, 15) is 0 Å². The number of halogens is 1. The van der Waals surface area contributed by atoms with Crippen molar-refractivity contribution in [1.82, 2.24) is 0 Å². The maximum Gasteiger partial charge on any atom is 0.0385 e. The molecule has 0 heterocycles. The van der Waals surface area contributed by atoms with Crippen LogP contribution in [0.1, 0.15) is 23.6 Å². The summed E-state index contributed by atoms with van der Waals surface area (Å²) in [7, 11) is 0. The fourth-order valence-corrected chi connectivity index (χ4v) is 1.81. The number of hydrogen-bond acceptors (Lipinski definition) is 0. The zero-order valence-electron chi connectivity index (χ0n) is 8.74. The van der Waals surface area contributed by atoms with Crippen LogP contribution in [-0.2, 0) is 0 Å². The minimum absolute atomic E-state index is 0.902. The molecule has 0 nitrogen and oxygen atoms in total. The summed E-state index contributed by atoms with van der Waals surface area (Å²) in [6, 6.07) is 4.30. The van der Waals surface area contributed by atoms with Crippen molar-refractivity contribution in [1.29, 1.82) is 0 Å². The molecule has 0 amide bonds. The summed E-state index contributed by atoms with van der Waals surface area (Å²) >= 11 is 2.32. The number of benzene rings is 1. The van der Waals surface area contributed by atoms with Crippen LogP contribution in [0, 0.1) is 29.3 Å². The molecule has 1 rings (SSSR count). The zero-order chi connectivity index (χ0) is 10.7. The smallest absolute Gasteiger partial charge is 0.0385 e. The van der Waals surface area contributed by atoms with Gasteiger partial charge in [-0.05, 0) is 72.2 Å². The van der Waals surface area contributed by atoms with Gasteiger partial charge in [-0.1, -0.05) is 18.4 Å². The van der Waals surface area contributed by atoms with Crippen molar-refractivity contribution in [3.05, 3.63) is 44.5 Å². The van der Waals surface area contributed by atoms with E-state index in [4.69, 9.17) is 0 Å². The lowest BCUT2D eigenvalue weighted by Crippen LogP contribution is -1.88. The molecule has 0 atom stereocenters. The van der Waals surface area contributed by atoms with E-state index in [1.807, 2.05) is 6.92 Å². The first-order valence-electron chi connectivity index (χ1n) is 4.45. The molecule has 0 saturated heterocycles. The van der Waals surface area contributed by atoms with Crippen LogP contribution in [0.25, 0.3) is 0 Å². The Bertz CT molecular complexity index is 431. The molecule has 0 aliphatic heterocycles. The van der Waals surface area contributed by atoms with Crippen LogP contribution in [0.2, 0.25) is 0 Å². The summed E-state index contributed by atoms with van der Waals surface area (Å²) in [5, 5.41) is 0. The summed E-state index contributed by atoms with van der Waals surface area (Å²) in [6.07, 6.45) is 0. The van der Waals surface area contributed by atoms with Crippen LogP contribution >= 0.6 is 22.6 Å². The second kappa shape index (κ2) is 4.65. The topological polar surface area (TPSA) is 0 Å². The first-order valence-corrected chi connectivity index (χ1v) is 5.53. The van der Waals surface area contributed by atoms with E-state index in [-0.39, 0.29) is 0 Å². The highest BCUT2D eigenvalue weighted by atomic mass is 127. The minimum atomic E-state index is 0.902.